The van der Waals surface area contributed by atoms with E-state index >= 15 is 0 Å². The molecule has 1 saturated heterocycles. The van der Waals surface area contributed by atoms with E-state index in [2.05, 4.69) is 28.9 Å². The van der Waals surface area contributed by atoms with Gasteiger partial charge in [-0.2, -0.15) is 0 Å². The molecule has 0 bridgehead atoms. The molecule has 0 aromatic carbocycles. The Hall–Kier alpha value is -1.17. The second-order valence-corrected chi connectivity index (χ2v) is 5.25. The molecule has 0 saturated carbocycles. The van der Waals surface area contributed by atoms with Crippen LogP contribution in [0, 0.1) is 0 Å². The maximum absolute atomic E-state index is 6.35. The van der Waals surface area contributed by atoms with E-state index < -0.39 is 0 Å². The van der Waals surface area contributed by atoms with Crippen LogP contribution in [-0.4, -0.2) is 60.6 Å². The number of aromatic nitrogens is 1. The molecule has 1 aliphatic heterocycles. The summed E-state index contributed by atoms with van der Waals surface area (Å²) in [7, 11) is 4.29. The number of hydrogen-bond donors (Lipinski definition) is 2. The fraction of sp³-hybridized carbons (Fsp3) is 0.615. The lowest BCUT2D eigenvalue weighted by Gasteiger charge is -2.40. The van der Waals surface area contributed by atoms with Gasteiger partial charge in [-0.15, -0.1) is 0 Å². The van der Waals surface area contributed by atoms with Gasteiger partial charge in [0.05, 0.1) is 0 Å². The monoisotopic (exact) mass is 249 g/mol. The van der Waals surface area contributed by atoms with Gasteiger partial charge < -0.3 is 16.4 Å². The summed E-state index contributed by atoms with van der Waals surface area (Å²) in [6.07, 6.45) is 4.31. The first kappa shape index (κ1) is 13.3. The van der Waals surface area contributed by atoms with Crippen LogP contribution in [0.2, 0.25) is 0 Å². The molecule has 1 aliphatic rings. The summed E-state index contributed by atoms with van der Waals surface area (Å²) in [5.41, 5.74) is 14.1. The van der Waals surface area contributed by atoms with E-state index in [1.807, 2.05) is 12.3 Å². The first-order valence-electron chi connectivity index (χ1n) is 6.40. The lowest BCUT2D eigenvalue weighted by Crippen LogP contribution is -2.58. The van der Waals surface area contributed by atoms with Crippen molar-refractivity contribution in [1.82, 2.24) is 14.8 Å². The van der Waals surface area contributed by atoms with Crippen molar-refractivity contribution in [2.45, 2.75) is 18.5 Å². The van der Waals surface area contributed by atoms with Crippen LogP contribution in [0.25, 0.3) is 0 Å². The Labute approximate surface area is 109 Å². The van der Waals surface area contributed by atoms with Crippen LogP contribution in [0.1, 0.15) is 5.56 Å². The Morgan fingerprint density at radius 3 is 2.94 bits per heavy atom. The largest absolute Gasteiger partial charge is 0.398 e. The zero-order valence-electron chi connectivity index (χ0n) is 11.2. The number of likely N-dealkylation sites (N-methyl/N-ethyl adjacent to an activating group) is 2. The van der Waals surface area contributed by atoms with Gasteiger partial charge in [0.15, 0.2) is 0 Å². The minimum Gasteiger partial charge on any atom is -0.398 e. The summed E-state index contributed by atoms with van der Waals surface area (Å²) in [6.45, 7) is 3.18. The summed E-state index contributed by atoms with van der Waals surface area (Å²) >= 11 is 0. The third-order valence-corrected chi connectivity index (χ3v) is 3.79. The van der Waals surface area contributed by atoms with Gasteiger partial charge in [0.25, 0.3) is 0 Å². The lowest BCUT2D eigenvalue weighted by atomic mass is 9.97. The minimum atomic E-state index is 0.0873. The highest BCUT2D eigenvalue weighted by Gasteiger charge is 2.27. The third-order valence-electron chi connectivity index (χ3n) is 3.79. The SMILES string of the molecule is CN1CCN(C)C(C(N)Cc2cnccc2N)C1. The molecule has 2 unspecified atom stereocenters. The van der Waals surface area contributed by atoms with E-state index in [0.717, 1.165) is 37.3 Å². The zero-order chi connectivity index (χ0) is 13.1. The van der Waals surface area contributed by atoms with Gasteiger partial charge in [0.1, 0.15) is 0 Å². The molecule has 0 aliphatic carbocycles. The van der Waals surface area contributed by atoms with E-state index in [4.69, 9.17) is 11.5 Å². The Morgan fingerprint density at radius 2 is 2.22 bits per heavy atom. The normalized spacial score (nSPS) is 24.1. The fourth-order valence-corrected chi connectivity index (χ4v) is 2.50. The van der Waals surface area contributed by atoms with Crippen molar-refractivity contribution in [2.24, 2.45) is 5.73 Å². The van der Waals surface area contributed by atoms with Gasteiger partial charge in [0, 0.05) is 49.8 Å². The molecule has 1 aromatic heterocycles. The molecule has 1 aromatic rings. The highest BCUT2D eigenvalue weighted by Crippen LogP contribution is 2.16. The van der Waals surface area contributed by atoms with Crippen LogP contribution < -0.4 is 11.5 Å². The van der Waals surface area contributed by atoms with Crippen LogP contribution in [-0.2, 0) is 6.42 Å². The number of nitrogens with zero attached hydrogens (tertiary/aromatic N) is 3. The van der Waals surface area contributed by atoms with Gasteiger partial charge in [-0.1, -0.05) is 0 Å². The Morgan fingerprint density at radius 1 is 1.44 bits per heavy atom. The van der Waals surface area contributed by atoms with Crippen molar-refractivity contribution >= 4 is 5.69 Å². The van der Waals surface area contributed by atoms with Crippen molar-refractivity contribution < 1.29 is 0 Å². The average molecular weight is 249 g/mol. The Balaban J connectivity index is 2.03. The summed E-state index contributed by atoms with van der Waals surface area (Å²) in [6, 6.07) is 2.30. The number of pyridine rings is 1. The van der Waals surface area contributed by atoms with E-state index in [1.165, 1.54) is 0 Å². The van der Waals surface area contributed by atoms with E-state index in [0.29, 0.717) is 6.04 Å². The predicted molar refractivity (Wildman–Crippen MR) is 74.2 cm³/mol. The molecule has 100 valence electrons. The predicted octanol–water partition coefficient (Wildman–Crippen LogP) is -0.221. The van der Waals surface area contributed by atoms with E-state index in [1.54, 1.807) is 6.20 Å². The van der Waals surface area contributed by atoms with Crippen molar-refractivity contribution in [1.29, 1.82) is 0 Å². The van der Waals surface area contributed by atoms with Crippen molar-refractivity contribution in [3.8, 4) is 0 Å². The molecular weight excluding hydrogens is 226 g/mol. The summed E-state index contributed by atoms with van der Waals surface area (Å²) < 4.78 is 0. The first-order valence-corrected chi connectivity index (χ1v) is 6.40. The smallest absolute Gasteiger partial charge is 0.0378 e. The molecule has 1 fully saturated rings. The third kappa shape index (κ3) is 2.98. The molecule has 2 atom stereocenters. The quantitative estimate of drug-likeness (QED) is 0.775. The summed E-state index contributed by atoms with van der Waals surface area (Å²) in [5.74, 6) is 0. The molecule has 2 rings (SSSR count). The van der Waals surface area contributed by atoms with Crippen LogP contribution in [0.15, 0.2) is 18.5 Å². The van der Waals surface area contributed by atoms with Crippen LogP contribution in [0.4, 0.5) is 5.69 Å². The number of hydrogen-bond acceptors (Lipinski definition) is 5. The van der Waals surface area contributed by atoms with Crippen LogP contribution in [0.3, 0.4) is 0 Å². The van der Waals surface area contributed by atoms with Gasteiger partial charge in [0.2, 0.25) is 0 Å². The van der Waals surface area contributed by atoms with Crippen molar-refractivity contribution in [3.63, 3.8) is 0 Å². The molecule has 5 nitrogen and oxygen atoms in total. The molecule has 4 N–H and O–H groups in total. The number of piperazine rings is 1. The molecule has 0 amide bonds. The fourth-order valence-electron chi connectivity index (χ4n) is 2.50. The van der Waals surface area contributed by atoms with E-state index in [-0.39, 0.29) is 6.04 Å². The number of nitrogen functional groups attached to an aromatic ring is 1. The van der Waals surface area contributed by atoms with Gasteiger partial charge in [-0.25, -0.2) is 0 Å². The second-order valence-electron chi connectivity index (χ2n) is 5.25. The van der Waals surface area contributed by atoms with Crippen LogP contribution >= 0.6 is 0 Å². The summed E-state index contributed by atoms with van der Waals surface area (Å²) in [5, 5.41) is 0. The molecule has 5 heteroatoms. The minimum absolute atomic E-state index is 0.0873. The van der Waals surface area contributed by atoms with Crippen LogP contribution in [0.5, 0.6) is 0 Å². The molecule has 0 radical (unpaired) electrons. The van der Waals surface area contributed by atoms with Crippen molar-refractivity contribution in [3.05, 3.63) is 24.0 Å². The topological polar surface area (TPSA) is 71.4 Å². The lowest BCUT2D eigenvalue weighted by molar-refractivity contribution is 0.0974. The Bertz CT molecular complexity index is 395. The van der Waals surface area contributed by atoms with Crippen molar-refractivity contribution in [2.75, 3.05) is 39.5 Å². The number of rotatable bonds is 3. The molecular formula is C13H23N5. The molecule has 0 spiro atoms. The van der Waals surface area contributed by atoms with Gasteiger partial charge in [-0.05, 0) is 32.1 Å². The molecule has 18 heavy (non-hydrogen) atoms. The zero-order valence-corrected chi connectivity index (χ0v) is 11.2. The second kappa shape index (κ2) is 5.65. The maximum Gasteiger partial charge on any atom is 0.0378 e. The van der Waals surface area contributed by atoms with Gasteiger partial charge in [-0.3, -0.25) is 9.88 Å². The van der Waals surface area contributed by atoms with Gasteiger partial charge >= 0.3 is 0 Å². The summed E-state index contributed by atoms with van der Waals surface area (Å²) in [4.78, 5) is 8.79. The highest BCUT2D eigenvalue weighted by molar-refractivity contribution is 5.44. The Kier molecular flexibility index (Phi) is 4.16. The number of nitrogens with two attached hydrogens (primary N) is 2. The standard InChI is InChI=1S/C13H23N5/c1-17-5-6-18(2)13(9-17)12(15)7-10-8-16-4-3-11(10)14/h3-4,8,12-13H,5-7,9,15H2,1-2H3,(H2,14,16). The van der Waals surface area contributed by atoms with E-state index in [9.17, 15) is 0 Å². The number of anilines is 1. The first-order chi connectivity index (χ1) is 8.58. The molecule has 2 heterocycles. The average Bonchev–Trinajstić information content (AvgIpc) is 2.35. The maximum atomic E-state index is 6.35. The highest BCUT2D eigenvalue weighted by atomic mass is 15.3.